The number of primary amides is 1. The van der Waals surface area contributed by atoms with Crippen LogP contribution >= 0.6 is 0 Å². The average molecular weight is 402 g/mol. The maximum Gasteiger partial charge on any atom is 0.416 e. The van der Waals surface area contributed by atoms with E-state index in [0.717, 1.165) is 23.3 Å². The number of carbonyl (C=O) groups is 1. The summed E-state index contributed by atoms with van der Waals surface area (Å²) in [4.78, 5) is 18.0. The molecule has 1 aromatic heterocycles. The lowest BCUT2D eigenvalue weighted by molar-refractivity contribution is -0.137. The molecule has 1 aliphatic rings. The lowest BCUT2D eigenvalue weighted by Gasteiger charge is -2.33. The number of fused-ring (bicyclic) bond motifs is 1. The number of nitrogens with two attached hydrogens (primary N) is 1. The van der Waals surface area contributed by atoms with Crippen LogP contribution in [0.1, 0.15) is 22.6 Å². The zero-order valence-corrected chi connectivity index (χ0v) is 15.2. The molecule has 0 saturated heterocycles. The standard InChI is InChI=1S/C20H17F3N4O2/c21-20(22,23)15-7-3-6-13(8-15)19-25-17(29-26-19)11-27-10-14-5-2-1-4-12(14)9-16(27)18(24)28/h1-8,16H,9-11H2,(H2,24,28)/t16-/m1/s1. The summed E-state index contributed by atoms with van der Waals surface area (Å²) in [5, 5.41) is 3.79. The van der Waals surface area contributed by atoms with E-state index in [0.29, 0.717) is 13.0 Å². The summed E-state index contributed by atoms with van der Waals surface area (Å²) < 4.78 is 44.0. The molecule has 2 aromatic carbocycles. The van der Waals surface area contributed by atoms with Crippen LogP contribution in [0.15, 0.2) is 53.1 Å². The summed E-state index contributed by atoms with van der Waals surface area (Å²) in [6.45, 7) is 0.638. The Kier molecular flexibility index (Phi) is 4.83. The van der Waals surface area contributed by atoms with Crippen LogP contribution in [0.2, 0.25) is 0 Å². The SMILES string of the molecule is NC(=O)[C@H]1Cc2ccccc2CN1Cc1nc(-c2cccc(C(F)(F)F)c2)no1. The highest BCUT2D eigenvalue weighted by molar-refractivity contribution is 5.80. The highest BCUT2D eigenvalue weighted by Gasteiger charge is 2.32. The number of alkyl halides is 3. The molecule has 2 N–H and O–H groups in total. The maximum atomic E-state index is 12.9. The Balaban J connectivity index is 1.57. The van der Waals surface area contributed by atoms with Gasteiger partial charge in [0.2, 0.25) is 17.6 Å². The van der Waals surface area contributed by atoms with Crippen LogP contribution in [-0.2, 0) is 30.5 Å². The van der Waals surface area contributed by atoms with Gasteiger partial charge in [0, 0.05) is 12.1 Å². The number of amides is 1. The van der Waals surface area contributed by atoms with E-state index in [4.69, 9.17) is 10.3 Å². The van der Waals surface area contributed by atoms with Crippen molar-refractivity contribution >= 4 is 5.91 Å². The first-order valence-corrected chi connectivity index (χ1v) is 8.91. The summed E-state index contributed by atoms with van der Waals surface area (Å²) in [6.07, 6.45) is -3.99. The molecule has 150 valence electrons. The van der Waals surface area contributed by atoms with Crippen molar-refractivity contribution in [3.05, 3.63) is 71.1 Å². The molecule has 0 spiro atoms. The summed E-state index contributed by atoms with van der Waals surface area (Å²) in [6, 6.07) is 11.9. The molecule has 1 amide bonds. The molecule has 9 heteroatoms. The number of aromatic nitrogens is 2. The van der Waals surface area contributed by atoms with Crippen molar-refractivity contribution in [3.63, 3.8) is 0 Å². The van der Waals surface area contributed by atoms with Crippen LogP contribution in [0.3, 0.4) is 0 Å². The third kappa shape index (κ3) is 4.00. The summed E-state index contributed by atoms with van der Waals surface area (Å²) in [5.41, 5.74) is 7.11. The van der Waals surface area contributed by atoms with Crippen LogP contribution in [0, 0.1) is 0 Å². The van der Waals surface area contributed by atoms with Gasteiger partial charge in [0.15, 0.2) is 0 Å². The summed E-state index contributed by atoms with van der Waals surface area (Å²) >= 11 is 0. The van der Waals surface area contributed by atoms with Crippen molar-refractivity contribution in [2.24, 2.45) is 5.73 Å². The minimum atomic E-state index is -4.46. The van der Waals surface area contributed by atoms with Crippen LogP contribution < -0.4 is 5.73 Å². The molecule has 0 bridgehead atoms. The van der Waals surface area contributed by atoms with E-state index >= 15 is 0 Å². The molecule has 2 heterocycles. The highest BCUT2D eigenvalue weighted by Crippen LogP contribution is 2.31. The van der Waals surface area contributed by atoms with Gasteiger partial charge in [-0.3, -0.25) is 9.69 Å². The quantitative estimate of drug-likeness (QED) is 0.725. The zero-order chi connectivity index (χ0) is 20.6. The number of halogens is 3. The fourth-order valence-electron chi connectivity index (χ4n) is 3.47. The summed E-state index contributed by atoms with van der Waals surface area (Å²) in [7, 11) is 0. The van der Waals surface area contributed by atoms with E-state index in [9.17, 15) is 18.0 Å². The molecule has 0 fully saturated rings. The van der Waals surface area contributed by atoms with Gasteiger partial charge >= 0.3 is 6.18 Å². The Hall–Kier alpha value is -3.20. The van der Waals surface area contributed by atoms with Gasteiger partial charge in [-0.15, -0.1) is 0 Å². The van der Waals surface area contributed by atoms with Crippen molar-refractivity contribution in [1.29, 1.82) is 0 Å². The van der Waals surface area contributed by atoms with Crippen LogP contribution in [-0.4, -0.2) is 27.0 Å². The first-order valence-electron chi connectivity index (χ1n) is 8.91. The van der Waals surface area contributed by atoms with Gasteiger partial charge in [0.05, 0.1) is 18.2 Å². The van der Waals surface area contributed by atoms with Gasteiger partial charge in [-0.2, -0.15) is 18.2 Å². The van der Waals surface area contributed by atoms with Crippen molar-refractivity contribution in [2.45, 2.75) is 31.7 Å². The van der Waals surface area contributed by atoms with Gasteiger partial charge in [0.25, 0.3) is 0 Å². The number of hydrogen-bond donors (Lipinski definition) is 1. The second-order valence-electron chi connectivity index (χ2n) is 6.89. The Morgan fingerprint density at radius 2 is 1.93 bits per heavy atom. The van der Waals surface area contributed by atoms with E-state index in [-0.39, 0.29) is 23.8 Å². The minimum Gasteiger partial charge on any atom is -0.368 e. The molecule has 4 rings (SSSR count). The second-order valence-corrected chi connectivity index (χ2v) is 6.89. The van der Waals surface area contributed by atoms with E-state index in [2.05, 4.69) is 10.1 Å². The normalized spacial score (nSPS) is 17.1. The number of rotatable bonds is 4. The molecule has 0 unspecified atom stereocenters. The molecule has 29 heavy (non-hydrogen) atoms. The van der Waals surface area contributed by atoms with Crippen LogP contribution in [0.4, 0.5) is 13.2 Å². The van der Waals surface area contributed by atoms with Gasteiger partial charge in [0.1, 0.15) is 0 Å². The van der Waals surface area contributed by atoms with Crippen molar-refractivity contribution in [2.75, 3.05) is 0 Å². The summed E-state index contributed by atoms with van der Waals surface area (Å²) in [5.74, 6) is -0.209. The lowest BCUT2D eigenvalue weighted by atomic mass is 9.93. The molecular weight excluding hydrogens is 385 g/mol. The molecule has 1 aliphatic heterocycles. The predicted molar refractivity (Wildman–Crippen MR) is 97.1 cm³/mol. The topological polar surface area (TPSA) is 85.3 Å². The van der Waals surface area contributed by atoms with E-state index in [1.807, 2.05) is 29.2 Å². The Bertz CT molecular complexity index is 1050. The van der Waals surface area contributed by atoms with Gasteiger partial charge in [-0.05, 0) is 29.7 Å². The Labute approximate surface area is 164 Å². The van der Waals surface area contributed by atoms with Crippen LogP contribution in [0.25, 0.3) is 11.4 Å². The maximum absolute atomic E-state index is 12.9. The predicted octanol–water partition coefficient (Wildman–Crippen LogP) is 3.17. The third-order valence-electron chi connectivity index (χ3n) is 4.93. The molecule has 1 atom stereocenters. The molecular formula is C20H17F3N4O2. The molecule has 0 aliphatic carbocycles. The van der Waals surface area contributed by atoms with E-state index in [1.54, 1.807) is 0 Å². The van der Waals surface area contributed by atoms with E-state index in [1.165, 1.54) is 12.1 Å². The fraction of sp³-hybridized carbons (Fsp3) is 0.250. The molecule has 0 radical (unpaired) electrons. The van der Waals surface area contributed by atoms with Gasteiger partial charge in [-0.25, -0.2) is 0 Å². The van der Waals surface area contributed by atoms with E-state index < -0.39 is 23.7 Å². The smallest absolute Gasteiger partial charge is 0.368 e. The van der Waals surface area contributed by atoms with Gasteiger partial charge < -0.3 is 10.3 Å². The molecule has 3 aromatic rings. The monoisotopic (exact) mass is 402 g/mol. The average Bonchev–Trinajstić information content (AvgIpc) is 3.15. The number of hydrogen-bond acceptors (Lipinski definition) is 5. The number of nitrogens with zero attached hydrogens (tertiary/aromatic N) is 3. The molecule has 0 saturated carbocycles. The Morgan fingerprint density at radius 1 is 1.17 bits per heavy atom. The van der Waals surface area contributed by atoms with Gasteiger partial charge in [-0.1, -0.05) is 41.6 Å². The largest absolute Gasteiger partial charge is 0.416 e. The number of benzene rings is 2. The first-order chi connectivity index (χ1) is 13.8. The van der Waals surface area contributed by atoms with Crippen LogP contribution in [0.5, 0.6) is 0 Å². The minimum absolute atomic E-state index is 0.0548. The van der Waals surface area contributed by atoms with Crippen molar-refractivity contribution < 1.29 is 22.5 Å². The van der Waals surface area contributed by atoms with Crippen molar-refractivity contribution in [1.82, 2.24) is 15.0 Å². The Morgan fingerprint density at radius 3 is 2.66 bits per heavy atom. The first kappa shape index (κ1) is 19.1. The fourth-order valence-corrected chi connectivity index (χ4v) is 3.47. The molecule has 6 nitrogen and oxygen atoms in total. The highest BCUT2D eigenvalue weighted by atomic mass is 19.4. The second kappa shape index (κ2) is 7.32. The van der Waals surface area contributed by atoms with Crippen molar-refractivity contribution in [3.8, 4) is 11.4 Å². The zero-order valence-electron chi connectivity index (χ0n) is 15.2. The number of carbonyl (C=O) groups excluding carboxylic acids is 1. The lowest BCUT2D eigenvalue weighted by Crippen LogP contribution is -2.48. The third-order valence-corrected chi connectivity index (χ3v) is 4.93.